The Balaban J connectivity index is 1.66. The highest BCUT2D eigenvalue weighted by Crippen LogP contribution is 2.34. The van der Waals surface area contributed by atoms with Crippen LogP contribution < -0.4 is 4.72 Å². The van der Waals surface area contributed by atoms with Crippen molar-refractivity contribution in [3.8, 4) is 0 Å². The smallest absolute Gasteiger partial charge is 0.339 e. The van der Waals surface area contributed by atoms with Crippen molar-refractivity contribution < 1.29 is 26.4 Å². The Kier molecular flexibility index (Phi) is 6.35. The molecule has 0 bridgehead atoms. The molecule has 0 spiro atoms. The number of hydrogen-bond donors (Lipinski definition) is 1. The Hall–Kier alpha value is -1.91. The predicted octanol–water partition coefficient (Wildman–Crippen LogP) is 4.05. The van der Waals surface area contributed by atoms with Crippen LogP contribution in [0.3, 0.4) is 0 Å². The summed E-state index contributed by atoms with van der Waals surface area (Å²) in [6.07, 6.45) is -4.14. The third-order valence-electron chi connectivity index (χ3n) is 4.68. The maximum absolute atomic E-state index is 13.1. The van der Waals surface area contributed by atoms with E-state index >= 15 is 0 Å². The fraction of sp³-hybridized carbons (Fsp3) is 0.316. The largest absolute Gasteiger partial charge is 0.417 e. The Morgan fingerprint density at radius 2 is 1.62 bits per heavy atom. The van der Waals surface area contributed by atoms with Crippen LogP contribution in [0.2, 0.25) is 0 Å². The second-order valence-corrected chi connectivity index (χ2v) is 9.29. The number of halogens is 4. The first-order valence-electron chi connectivity index (χ1n) is 8.81. The maximum Gasteiger partial charge on any atom is 0.417 e. The summed E-state index contributed by atoms with van der Waals surface area (Å²) in [7, 11) is -4.35. The molecule has 1 heterocycles. The van der Waals surface area contributed by atoms with E-state index < -0.39 is 32.7 Å². The summed E-state index contributed by atoms with van der Waals surface area (Å²) in [5, 5.41) is 0. The average molecular weight is 491 g/mol. The molecule has 156 valence electrons. The summed E-state index contributed by atoms with van der Waals surface area (Å²) >= 11 is 3.30. The van der Waals surface area contributed by atoms with Gasteiger partial charge in [0.1, 0.15) is 0 Å². The summed E-state index contributed by atoms with van der Waals surface area (Å²) in [5.74, 6) is -0.166. The molecule has 0 atom stereocenters. The third-order valence-corrected chi connectivity index (χ3v) is 6.78. The lowest BCUT2D eigenvalue weighted by atomic mass is 10.0. The van der Waals surface area contributed by atoms with Crippen LogP contribution in [0.1, 0.15) is 28.8 Å². The molecule has 1 aliphatic heterocycles. The Bertz CT molecular complexity index is 987. The van der Waals surface area contributed by atoms with Crippen molar-refractivity contribution in [3.63, 3.8) is 0 Å². The highest BCUT2D eigenvalue weighted by molar-refractivity contribution is 9.10. The van der Waals surface area contributed by atoms with E-state index in [1.54, 1.807) is 29.2 Å². The topological polar surface area (TPSA) is 66.5 Å². The predicted molar refractivity (Wildman–Crippen MR) is 105 cm³/mol. The standard InChI is InChI=1S/C19H18BrF3N2O3S/c20-14-7-5-13(6-8-14)18(26)25-11-9-15(10-12-25)24-29(27,28)17-4-2-1-3-16(17)19(21,22)23/h1-8,15,24H,9-12H2. The van der Waals surface area contributed by atoms with Crippen LogP contribution in [-0.2, 0) is 16.2 Å². The van der Waals surface area contributed by atoms with Crippen LogP contribution in [0.25, 0.3) is 0 Å². The second-order valence-electron chi connectivity index (χ2n) is 6.69. The normalized spacial score (nSPS) is 16.1. The van der Waals surface area contributed by atoms with Gasteiger partial charge in [0.15, 0.2) is 0 Å². The SMILES string of the molecule is O=C(c1ccc(Br)cc1)N1CCC(NS(=O)(=O)c2ccccc2C(F)(F)F)CC1. The number of sulfonamides is 1. The first-order valence-corrected chi connectivity index (χ1v) is 11.1. The summed E-state index contributed by atoms with van der Waals surface area (Å²) < 4.78 is 67.7. The van der Waals surface area contributed by atoms with Crippen LogP contribution in [-0.4, -0.2) is 38.4 Å². The van der Waals surface area contributed by atoms with Gasteiger partial charge in [-0.3, -0.25) is 4.79 Å². The molecule has 2 aromatic rings. The van der Waals surface area contributed by atoms with Gasteiger partial charge >= 0.3 is 6.18 Å². The van der Waals surface area contributed by atoms with Gasteiger partial charge in [-0.05, 0) is 49.2 Å². The van der Waals surface area contributed by atoms with E-state index in [4.69, 9.17) is 0 Å². The number of benzene rings is 2. The number of amides is 1. The number of alkyl halides is 3. The number of piperidine rings is 1. The van der Waals surface area contributed by atoms with Gasteiger partial charge in [-0.2, -0.15) is 13.2 Å². The Morgan fingerprint density at radius 1 is 1.03 bits per heavy atom. The molecule has 1 fully saturated rings. The second kappa shape index (κ2) is 8.45. The number of nitrogens with zero attached hydrogens (tertiary/aromatic N) is 1. The van der Waals surface area contributed by atoms with E-state index in [1.165, 1.54) is 6.07 Å². The van der Waals surface area contributed by atoms with Crippen molar-refractivity contribution in [1.29, 1.82) is 0 Å². The minimum Gasteiger partial charge on any atom is -0.339 e. The van der Waals surface area contributed by atoms with Crippen molar-refractivity contribution in [2.24, 2.45) is 0 Å². The monoisotopic (exact) mass is 490 g/mol. The summed E-state index contributed by atoms with van der Waals surface area (Å²) in [4.78, 5) is 13.3. The summed E-state index contributed by atoms with van der Waals surface area (Å²) in [5.41, 5.74) is -0.679. The van der Waals surface area contributed by atoms with Gasteiger partial charge in [-0.1, -0.05) is 28.1 Å². The number of nitrogens with one attached hydrogen (secondary N) is 1. The van der Waals surface area contributed by atoms with Gasteiger partial charge in [0.05, 0.1) is 10.5 Å². The van der Waals surface area contributed by atoms with Crippen LogP contribution in [0.15, 0.2) is 57.9 Å². The highest BCUT2D eigenvalue weighted by Gasteiger charge is 2.37. The molecule has 2 aromatic carbocycles. The molecule has 1 saturated heterocycles. The minimum absolute atomic E-state index is 0.166. The molecule has 0 saturated carbocycles. The molecule has 1 aliphatic rings. The van der Waals surface area contributed by atoms with E-state index in [0.29, 0.717) is 31.5 Å². The third kappa shape index (κ3) is 5.18. The summed E-state index contributed by atoms with van der Waals surface area (Å²) in [6, 6.07) is 10.4. The Morgan fingerprint density at radius 3 is 2.21 bits per heavy atom. The maximum atomic E-state index is 13.1. The van der Waals surface area contributed by atoms with Gasteiger partial charge in [0.25, 0.3) is 5.91 Å². The zero-order valence-electron chi connectivity index (χ0n) is 15.1. The lowest BCUT2D eigenvalue weighted by molar-refractivity contribution is -0.139. The van der Waals surface area contributed by atoms with Crippen molar-refractivity contribution in [2.45, 2.75) is 30.0 Å². The van der Waals surface area contributed by atoms with Crippen molar-refractivity contribution in [3.05, 3.63) is 64.1 Å². The van der Waals surface area contributed by atoms with Gasteiger partial charge in [-0.25, -0.2) is 13.1 Å². The zero-order valence-corrected chi connectivity index (χ0v) is 17.5. The molecule has 29 heavy (non-hydrogen) atoms. The molecule has 1 amide bonds. The van der Waals surface area contributed by atoms with Crippen LogP contribution in [0, 0.1) is 0 Å². The van der Waals surface area contributed by atoms with Gasteiger partial charge < -0.3 is 4.90 Å². The molecule has 0 unspecified atom stereocenters. The van der Waals surface area contributed by atoms with E-state index in [2.05, 4.69) is 20.7 Å². The quantitative estimate of drug-likeness (QED) is 0.702. The highest BCUT2D eigenvalue weighted by atomic mass is 79.9. The molecule has 5 nitrogen and oxygen atoms in total. The first-order chi connectivity index (χ1) is 13.6. The molecule has 0 radical (unpaired) electrons. The fourth-order valence-electron chi connectivity index (χ4n) is 3.19. The van der Waals surface area contributed by atoms with E-state index in [-0.39, 0.29) is 5.91 Å². The minimum atomic E-state index is -4.77. The zero-order chi connectivity index (χ0) is 21.2. The Labute approximate surface area is 175 Å². The van der Waals surface area contributed by atoms with Gasteiger partial charge in [0.2, 0.25) is 10.0 Å². The van der Waals surface area contributed by atoms with Crippen LogP contribution >= 0.6 is 15.9 Å². The van der Waals surface area contributed by atoms with Gasteiger partial charge in [0, 0.05) is 29.2 Å². The average Bonchev–Trinajstić information content (AvgIpc) is 2.68. The number of rotatable bonds is 4. The first kappa shape index (κ1) is 21.8. The van der Waals surface area contributed by atoms with E-state index in [9.17, 15) is 26.4 Å². The van der Waals surface area contributed by atoms with Crippen LogP contribution in [0.4, 0.5) is 13.2 Å². The van der Waals surface area contributed by atoms with Gasteiger partial charge in [-0.15, -0.1) is 0 Å². The van der Waals surface area contributed by atoms with E-state index in [0.717, 1.165) is 22.7 Å². The number of carbonyl (C=O) groups excluding carboxylic acids is 1. The van der Waals surface area contributed by atoms with Crippen molar-refractivity contribution in [2.75, 3.05) is 13.1 Å². The van der Waals surface area contributed by atoms with Crippen molar-refractivity contribution >= 4 is 31.9 Å². The fourth-order valence-corrected chi connectivity index (χ4v) is 4.99. The number of hydrogen-bond acceptors (Lipinski definition) is 3. The number of carbonyl (C=O) groups is 1. The molecule has 10 heteroatoms. The van der Waals surface area contributed by atoms with Crippen LogP contribution in [0.5, 0.6) is 0 Å². The van der Waals surface area contributed by atoms with Crippen molar-refractivity contribution in [1.82, 2.24) is 9.62 Å². The lowest BCUT2D eigenvalue weighted by Crippen LogP contribution is -2.46. The van der Waals surface area contributed by atoms with E-state index in [1.807, 2.05) is 0 Å². The lowest BCUT2D eigenvalue weighted by Gasteiger charge is -2.32. The molecular formula is C19H18BrF3N2O3S. The molecule has 3 rings (SSSR count). The molecule has 0 aromatic heterocycles. The molecular weight excluding hydrogens is 473 g/mol. The molecule has 1 N–H and O–H groups in total. The molecule has 0 aliphatic carbocycles. The number of likely N-dealkylation sites (tertiary alicyclic amines) is 1. The summed E-state index contributed by atoms with van der Waals surface area (Å²) in [6.45, 7) is 0.617.